The van der Waals surface area contributed by atoms with Crippen LogP contribution < -0.4 is 4.90 Å². The lowest BCUT2D eigenvalue weighted by Crippen LogP contribution is -2.31. The third-order valence-corrected chi connectivity index (χ3v) is 7.81. The number of para-hydroxylation sites is 1. The standard InChI is InChI=1S/C36H29NO8/c1-20-9-11-24(15-22(20)3)31(38)18-44-35(42)26-13-14-27-29(17-26)34(41)37(33(27)40)30-8-6-5-7-28(30)36(43)45-19-32(39)25-12-10-21(2)23(4)16-25/h5-17H,18-19H2,1-4H3. The number of benzene rings is 4. The van der Waals surface area contributed by atoms with Gasteiger partial charge in [0.15, 0.2) is 24.8 Å². The van der Waals surface area contributed by atoms with Crippen LogP contribution in [0.15, 0.2) is 78.9 Å². The van der Waals surface area contributed by atoms with E-state index in [-0.39, 0.29) is 33.7 Å². The molecule has 1 heterocycles. The van der Waals surface area contributed by atoms with E-state index in [1.54, 1.807) is 36.4 Å². The maximum Gasteiger partial charge on any atom is 0.340 e. The van der Waals surface area contributed by atoms with Gasteiger partial charge in [-0.2, -0.15) is 0 Å². The van der Waals surface area contributed by atoms with Crippen LogP contribution in [0, 0.1) is 27.7 Å². The Labute approximate surface area is 259 Å². The van der Waals surface area contributed by atoms with E-state index in [1.165, 1.54) is 36.4 Å². The molecule has 0 radical (unpaired) electrons. The Hall–Kier alpha value is -5.70. The number of aryl methyl sites for hydroxylation is 4. The maximum absolute atomic E-state index is 13.5. The van der Waals surface area contributed by atoms with Crippen molar-refractivity contribution in [1.82, 2.24) is 0 Å². The number of fused-ring (bicyclic) bond motifs is 1. The summed E-state index contributed by atoms with van der Waals surface area (Å²) in [6.45, 7) is 6.55. The molecular formula is C36H29NO8. The molecule has 0 unspecified atom stereocenters. The summed E-state index contributed by atoms with van der Waals surface area (Å²) < 4.78 is 10.5. The summed E-state index contributed by atoms with van der Waals surface area (Å²) in [6, 6.07) is 20.1. The van der Waals surface area contributed by atoms with E-state index >= 15 is 0 Å². The van der Waals surface area contributed by atoms with Gasteiger partial charge in [0.1, 0.15) is 0 Å². The zero-order valence-corrected chi connectivity index (χ0v) is 25.1. The summed E-state index contributed by atoms with van der Waals surface area (Å²) in [5, 5.41) is 0. The van der Waals surface area contributed by atoms with Crippen molar-refractivity contribution in [2.75, 3.05) is 18.1 Å². The van der Waals surface area contributed by atoms with Crippen LogP contribution in [-0.2, 0) is 9.47 Å². The fraction of sp³-hybridized carbons (Fsp3) is 0.167. The Morgan fingerprint density at radius 1 is 0.556 bits per heavy atom. The Bertz CT molecular complexity index is 1920. The largest absolute Gasteiger partial charge is 0.454 e. The highest BCUT2D eigenvalue weighted by Gasteiger charge is 2.39. The van der Waals surface area contributed by atoms with E-state index in [0.29, 0.717) is 11.1 Å². The first kappa shape index (κ1) is 30.7. The van der Waals surface area contributed by atoms with Crippen molar-refractivity contribution in [3.8, 4) is 0 Å². The lowest BCUT2D eigenvalue weighted by Gasteiger charge is -2.17. The van der Waals surface area contributed by atoms with Crippen molar-refractivity contribution < 1.29 is 38.2 Å². The van der Waals surface area contributed by atoms with Crippen LogP contribution in [0.1, 0.15) is 84.4 Å². The third kappa shape index (κ3) is 6.19. The molecule has 45 heavy (non-hydrogen) atoms. The zero-order chi connectivity index (χ0) is 32.4. The lowest BCUT2D eigenvalue weighted by molar-refractivity contribution is 0.0472. The fourth-order valence-corrected chi connectivity index (χ4v) is 4.85. The molecule has 0 saturated heterocycles. The third-order valence-electron chi connectivity index (χ3n) is 7.81. The predicted octanol–water partition coefficient (Wildman–Crippen LogP) is 5.80. The molecule has 0 saturated carbocycles. The van der Waals surface area contributed by atoms with Gasteiger partial charge >= 0.3 is 11.9 Å². The molecule has 0 aliphatic carbocycles. The van der Waals surface area contributed by atoms with Crippen molar-refractivity contribution in [3.63, 3.8) is 0 Å². The van der Waals surface area contributed by atoms with Crippen molar-refractivity contribution >= 4 is 41.0 Å². The summed E-state index contributed by atoms with van der Waals surface area (Å²) in [5.41, 5.74) is 4.50. The SMILES string of the molecule is Cc1ccc(C(=O)COC(=O)c2ccc3c(c2)C(=O)N(c2ccccc2C(=O)OCC(=O)c2ccc(C)c(C)c2)C3=O)cc1C. The number of hydrogen-bond acceptors (Lipinski definition) is 8. The molecule has 0 aromatic heterocycles. The minimum atomic E-state index is -0.892. The van der Waals surface area contributed by atoms with Crippen LogP contribution in [0.3, 0.4) is 0 Å². The van der Waals surface area contributed by atoms with Crippen LogP contribution >= 0.6 is 0 Å². The molecule has 5 rings (SSSR count). The number of anilines is 1. The van der Waals surface area contributed by atoms with Gasteiger partial charge in [0.25, 0.3) is 11.8 Å². The topological polar surface area (TPSA) is 124 Å². The first-order chi connectivity index (χ1) is 21.5. The molecular weight excluding hydrogens is 574 g/mol. The van der Waals surface area contributed by atoms with Gasteiger partial charge in [-0.05, 0) is 92.4 Å². The number of hydrogen-bond donors (Lipinski definition) is 0. The quantitative estimate of drug-likeness (QED) is 0.134. The molecule has 9 heteroatoms. The van der Waals surface area contributed by atoms with E-state index in [0.717, 1.165) is 27.2 Å². The van der Waals surface area contributed by atoms with Crippen LogP contribution in [0.5, 0.6) is 0 Å². The summed E-state index contributed by atoms with van der Waals surface area (Å²) in [5.74, 6) is -3.99. The van der Waals surface area contributed by atoms with Gasteiger partial charge in [-0.15, -0.1) is 0 Å². The Morgan fingerprint density at radius 3 is 1.64 bits per heavy atom. The van der Waals surface area contributed by atoms with Crippen LogP contribution in [0.2, 0.25) is 0 Å². The number of esters is 2. The molecule has 4 aromatic carbocycles. The van der Waals surface area contributed by atoms with Gasteiger partial charge in [-0.3, -0.25) is 19.2 Å². The highest BCUT2D eigenvalue weighted by Crippen LogP contribution is 2.32. The number of amides is 2. The average molecular weight is 604 g/mol. The summed E-state index contributed by atoms with van der Waals surface area (Å²) >= 11 is 0. The second-order valence-electron chi connectivity index (χ2n) is 10.8. The van der Waals surface area contributed by atoms with Crippen LogP contribution in [0.4, 0.5) is 5.69 Å². The number of Topliss-reactive ketones (excluding diaryl/α,β-unsaturated/α-hetero) is 2. The van der Waals surface area contributed by atoms with E-state index in [2.05, 4.69) is 0 Å². The zero-order valence-electron chi connectivity index (χ0n) is 25.1. The van der Waals surface area contributed by atoms with Crippen LogP contribution in [-0.4, -0.2) is 48.5 Å². The van der Waals surface area contributed by atoms with Crippen LogP contribution in [0.25, 0.3) is 0 Å². The number of ketones is 2. The molecule has 0 atom stereocenters. The molecule has 1 aliphatic heterocycles. The van der Waals surface area contributed by atoms with Gasteiger partial charge in [0, 0.05) is 11.1 Å². The van der Waals surface area contributed by atoms with Gasteiger partial charge < -0.3 is 9.47 Å². The van der Waals surface area contributed by atoms with Gasteiger partial charge in [-0.25, -0.2) is 14.5 Å². The van der Waals surface area contributed by atoms with E-state index < -0.39 is 42.7 Å². The number of ether oxygens (including phenoxy) is 2. The number of imide groups is 1. The highest BCUT2D eigenvalue weighted by molar-refractivity contribution is 6.35. The molecule has 1 aliphatic rings. The average Bonchev–Trinajstić information content (AvgIpc) is 3.29. The van der Waals surface area contributed by atoms with Gasteiger partial charge in [0.05, 0.1) is 27.9 Å². The first-order valence-corrected chi connectivity index (χ1v) is 14.1. The summed E-state index contributed by atoms with van der Waals surface area (Å²) in [7, 11) is 0. The lowest BCUT2D eigenvalue weighted by atomic mass is 10.0. The monoisotopic (exact) mass is 603 g/mol. The molecule has 0 N–H and O–H groups in total. The first-order valence-electron chi connectivity index (χ1n) is 14.1. The van der Waals surface area contributed by atoms with Crippen molar-refractivity contribution in [2.24, 2.45) is 0 Å². The molecule has 2 amide bonds. The number of nitrogens with zero attached hydrogens (tertiary/aromatic N) is 1. The van der Waals surface area contributed by atoms with Crippen molar-refractivity contribution in [3.05, 3.63) is 134 Å². The summed E-state index contributed by atoms with van der Waals surface area (Å²) in [6.07, 6.45) is 0. The maximum atomic E-state index is 13.5. The van der Waals surface area contributed by atoms with E-state index in [1.807, 2.05) is 33.8 Å². The molecule has 0 bridgehead atoms. The van der Waals surface area contributed by atoms with Crippen molar-refractivity contribution in [2.45, 2.75) is 27.7 Å². The van der Waals surface area contributed by atoms with Gasteiger partial charge in [-0.1, -0.05) is 36.4 Å². The summed E-state index contributed by atoms with van der Waals surface area (Å²) in [4.78, 5) is 78.7. The molecule has 0 spiro atoms. The van der Waals surface area contributed by atoms with Crippen molar-refractivity contribution in [1.29, 1.82) is 0 Å². The highest BCUT2D eigenvalue weighted by atomic mass is 16.5. The van der Waals surface area contributed by atoms with E-state index in [9.17, 15) is 28.8 Å². The molecule has 226 valence electrons. The normalized spacial score (nSPS) is 12.1. The second-order valence-corrected chi connectivity index (χ2v) is 10.8. The molecule has 9 nitrogen and oxygen atoms in total. The smallest absolute Gasteiger partial charge is 0.340 e. The number of carbonyl (C=O) groups excluding carboxylic acids is 6. The Morgan fingerprint density at radius 2 is 1.07 bits per heavy atom. The minimum absolute atomic E-state index is 0.0239. The van der Waals surface area contributed by atoms with Gasteiger partial charge in [0.2, 0.25) is 0 Å². The fourth-order valence-electron chi connectivity index (χ4n) is 4.85. The molecule has 4 aromatic rings. The minimum Gasteiger partial charge on any atom is -0.454 e. The Kier molecular flexibility index (Phi) is 8.54. The second kappa shape index (κ2) is 12.5. The molecule has 0 fully saturated rings. The Balaban J connectivity index is 1.30. The number of rotatable bonds is 9. The van der Waals surface area contributed by atoms with E-state index in [4.69, 9.17) is 9.47 Å². The predicted molar refractivity (Wildman–Crippen MR) is 165 cm³/mol. The number of carbonyl (C=O) groups is 6.